The minimum Gasteiger partial charge on any atom is -0.351 e. The summed E-state index contributed by atoms with van der Waals surface area (Å²) >= 11 is 0. The number of amides is 3. The van der Waals surface area contributed by atoms with Crippen LogP contribution in [0.5, 0.6) is 0 Å². The molecule has 3 amide bonds. The molecule has 7 heteroatoms. The third-order valence-corrected chi connectivity index (χ3v) is 3.89. The average Bonchev–Trinajstić information content (AvgIpc) is 2.55. The van der Waals surface area contributed by atoms with Gasteiger partial charge >= 0.3 is 0 Å². The maximum atomic E-state index is 12.4. The number of anilines is 1. The normalized spacial score (nSPS) is 17.7. The molecule has 1 unspecified atom stereocenters. The molecule has 0 radical (unpaired) electrons. The molecule has 4 N–H and O–H groups in total. The number of nitrogens with one attached hydrogen (secondary N) is 2. The fraction of sp³-hybridized carbons (Fsp3) is 0.438. The Kier molecular flexibility index (Phi) is 5.70. The smallest absolute Gasteiger partial charge is 0.253 e. The van der Waals surface area contributed by atoms with E-state index in [-0.39, 0.29) is 30.1 Å². The van der Waals surface area contributed by atoms with Crippen molar-refractivity contribution in [3.63, 3.8) is 0 Å². The zero-order valence-electron chi connectivity index (χ0n) is 13.2. The van der Waals surface area contributed by atoms with Crippen molar-refractivity contribution in [1.29, 1.82) is 0 Å². The van der Waals surface area contributed by atoms with Gasteiger partial charge in [0.05, 0.1) is 11.3 Å². The number of nitrogens with two attached hydrogens (primary N) is 1. The van der Waals surface area contributed by atoms with Crippen LogP contribution >= 0.6 is 0 Å². The van der Waals surface area contributed by atoms with Crippen molar-refractivity contribution in [2.45, 2.75) is 12.8 Å². The van der Waals surface area contributed by atoms with Crippen LogP contribution in [0.1, 0.15) is 23.2 Å². The maximum absolute atomic E-state index is 12.4. The molecule has 1 aliphatic rings. The van der Waals surface area contributed by atoms with E-state index in [1.54, 1.807) is 36.2 Å². The second-order valence-electron chi connectivity index (χ2n) is 5.58. The van der Waals surface area contributed by atoms with Gasteiger partial charge in [0.25, 0.3) is 5.91 Å². The van der Waals surface area contributed by atoms with Crippen molar-refractivity contribution in [1.82, 2.24) is 10.2 Å². The molecule has 1 heterocycles. The number of hydrogen-bond donors (Lipinski definition) is 3. The lowest BCUT2D eigenvalue weighted by Gasteiger charge is -2.28. The molecular weight excluding hydrogens is 296 g/mol. The van der Waals surface area contributed by atoms with Crippen LogP contribution in [0.15, 0.2) is 24.3 Å². The lowest BCUT2D eigenvalue weighted by molar-refractivity contribution is -0.137. The lowest BCUT2D eigenvalue weighted by Crippen LogP contribution is -2.40. The van der Waals surface area contributed by atoms with Gasteiger partial charge in [-0.1, -0.05) is 12.1 Å². The molecule has 7 nitrogen and oxygen atoms in total. The zero-order chi connectivity index (χ0) is 16.8. The highest BCUT2D eigenvalue weighted by molar-refractivity contribution is 6.04. The number of likely N-dealkylation sites (tertiary alicyclic amines) is 1. The summed E-state index contributed by atoms with van der Waals surface area (Å²) in [5.74, 6) is -0.916. The van der Waals surface area contributed by atoms with Gasteiger partial charge in [-0.15, -0.1) is 0 Å². The predicted molar refractivity (Wildman–Crippen MR) is 86.8 cm³/mol. The van der Waals surface area contributed by atoms with E-state index in [0.717, 1.165) is 0 Å². The Labute approximate surface area is 135 Å². The van der Waals surface area contributed by atoms with E-state index in [0.29, 0.717) is 37.3 Å². The molecule has 1 saturated heterocycles. The first-order chi connectivity index (χ1) is 11.0. The number of para-hydroxylation sites is 1. The van der Waals surface area contributed by atoms with Gasteiger partial charge in [-0.2, -0.15) is 0 Å². The number of benzene rings is 1. The van der Waals surface area contributed by atoms with Gasteiger partial charge in [-0.3, -0.25) is 14.4 Å². The van der Waals surface area contributed by atoms with Crippen LogP contribution in [0.3, 0.4) is 0 Å². The van der Waals surface area contributed by atoms with Crippen LogP contribution in [0.4, 0.5) is 5.69 Å². The van der Waals surface area contributed by atoms with Crippen LogP contribution in [-0.4, -0.2) is 49.3 Å². The number of carbonyl (C=O) groups is 3. The van der Waals surface area contributed by atoms with Crippen molar-refractivity contribution in [3.8, 4) is 0 Å². The Morgan fingerprint density at radius 2 is 2.09 bits per heavy atom. The molecule has 1 aliphatic heterocycles. The lowest BCUT2D eigenvalue weighted by atomic mass is 9.95. The number of hydrogen-bond acceptors (Lipinski definition) is 4. The van der Waals surface area contributed by atoms with Crippen LogP contribution in [0, 0.1) is 5.92 Å². The number of rotatable bonds is 5. The fourth-order valence-electron chi connectivity index (χ4n) is 2.47. The first kappa shape index (κ1) is 17.0. The largest absolute Gasteiger partial charge is 0.351 e. The Balaban J connectivity index is 2.06. The van der Waals surface area contributed by atoms with Crippen LogP contribution in [0.2, 0.25) is 0 Å². The minimum absolute atomic E-state index is 0.0367. The average molecular weight is 318 g/mol. The summed E-state index contributed by atoms with van der Waals surface area (Å²) in [6.07, 6.45) is 0.819. The van der Waals surface area contributed by atoms with Gasteiger partial charge in [0, 0.05) is 39.0 Å². The van der Waals surface area contributed by atoms with E-state index in [1.165, 1.54) is 0 Å². The summed E-state index contributed by atoms with van der Waals surface area (Å²) < 4.78 is 0. The molecule has 0 aliphatic carbocycles. The standard InChI is InChI=1S/C16H22N4O3/c1-20-9-6-11(10-14(20)21)15(22)19-13-5-3-2-4-12(13)16(23)18-8-7-17/h2-5,11H,6-10,17H2,1H3,(H,18,23)(H,19,22). The molecule has 2 rings (SSSR count). The van der Waals surface area contributed by atoms with E-state index in [4.69, 9.17) is 5.73 Å². The summed E-state index contributed by atoms with van der Waals surface area (Å²) in [6.45, 7) is 1.28. The molecule has 1 aromatic rings. The van der Waals surface area contributed by atoms with Gasteiger partial charge < -0.3 is 21.3 Å². The number of nitrogens with zero attached hydrogens (tertiary/aromatic N) is 1. The molecule has 1 fully saturated rings. The van der Waals surface area contributed by atoms with Crippen molar-refractivity contribution >= 4 is 23.4 Å². The van der Waals surface area contributed by atoms with E-state index in [9.17, 15) is 14.4 Å². The van der Waals surface area contributed by atoms with Crippen molar-refractivity contribution in [2.75, 3.05) is 32.0 Å². The molecule has 1 aromatic carbocycles. The van der Waals surface area contributed by atoms with Crippen LogP contribution in [-0.2, 0) is 9.59 Å². The third-order valence-electron chi connectivity index (χ3n) is 3.89. The van der Waals surface area contributed by atoms with Crippen molar-refractivity contribution in [3.05, 3.63) is 29.8 Å². The Morgan fingerprint density at radius 3 is 2.78 bits per heavy atom. The van der Waals surface area contributed by atoms with E-state index in [2.05, 4.69) is 10.6 Å². The second kappa shape index (κ2) is 7.73. The predicted octanol–water partition coefficient (Wildman–Crippen LogP) is 0.182. The molecule has 0 saturated carbocycles. The van der Waals surface area contributed by atoms with E-state index >= 15 is 0 Å². The highest BCUT2D eigenvalue weighted by Gasteiger charge is 2.29. The number of piperidine rings is 1. The molecule has 1 atom stereocenters. The van der Waals surface area contributed by atoms with Crippen LogP contribution in [0.25, 0.3) is 0 Å². The molecular formula is C16H22N4O3. The van der Waals surface area contributed by atoms with Gasteiger partial charge in [0.1, 0.15) is 0 Å². The summed E-state index contributed by atoms with van der Waals surface area (Å²) in [5, 5.41) is 5.45. The highest BCUT2D eigenvalue weighted by Crippen LogP contribution is 2.21. The van der Waals surface area contributed by atoms with E-state index in [1.807, 2.05) is 0 Å². The molecule has 0 bridgehead atoms. The fourth-order valence-corrected chi connectivity index (χ4v) is 2.47. The highest BCUT2D eigenvalue weighted by atomic mass is 16.2. The molecule has 124 valence electrons. The topological polar surface area (TPSA) is 105 Å². The molecule has 0 aromatic heterocycles. The zero-order valence-corrected chi connectivity index (χ0v) is 13.2. The van der Waals surface area contributed by atoms with Gasteiger partial charge in [-0.05, 0) is 18.6 Å². The minimum atomic E-state index is -0.362. The van der Waals surface area contributed by atoms with Crippen molar-refractivity contribution in [2.24, 2.45) is 11.7 Å². The summed E-state index contributed by atoms with van der Waals surface area (Å²) in [6, 6.07) is 6.79. The molecule has 23 heavy (non-hydrogen) atoms. The van der Waals surface area contributed by atoms with Crippen molar-refractivity contribution < 1.29 is 14.4 Å². The summed E-state index contributed by atoms with van der Waals surface area (Å²) in [4.78, 5) is 37.8. The van der Waals surface area contributed by atoms with Crippen LogP contribution < -0.4 is 16.4 Å². The maximum Gasteiger partial charge on any atom is 0.253 e. The first-order valence-corrected chi connectivity index (χ1v) is 7.65. The summed E-state index contributed by atoms with van der Waals surface area (Å²) in [5.41, 5.74) is 6.20. The third kappa shape index (κ3) is 4.29. The Bertz CT molecular complexity index is 603. The first-order valence-electron chi connectivity index (χ1n) is 7.65. The summed E-state index contributed by atoms with van der Waals surface area (Å²) in [7, 11) is 1.73. The second-order valence-corrected chi connectivity index (χ2v) is 5.58. The Morgan fingerprint density at radius 1 is 1.35 bits per heavy atom. The monoisotopic (exact) mass is 318 g/mol. The van der Waals surface area contributed by atoms with Gasteiger partial charge in [0.2, 0.25) is 11.8 Å². The molecule has 0 spiro atoms. The van der Waals surface area contributed by atoms with Gasteiger partial charge in [-0.25, -0.2) is 0 Å². The van der Waals surface area contributed by atoms with E-state index < -0.39 is 0 Å². The quantitative estimate of drug-likeness (QED) is 0.720. The van der Waals surface area contributed by atoms with Gasteiger partial charge in [0.15, 0.2) is 0 Å². The number of carbonyl (C=O) groups excluding carboxylic acids is 3. The SMILES string of the molecule is CN1CCC(C(=O)Nc2ccccc2C(=O)NCCN)CC1=O. The Hall–Kier alpha value is -2.41.